The lowest BCUT2D eigenvalue weighted by Gasteiger charge is -2.19. The zero-order valence-corrected chi connectivity index (χ0v) is 13.5. The molecule has 7 nitrogen and oxygen atoms in total. The van der Waals surface area contributed by atoms with Crippen LogP contribution in [-0.4, -0.2) is 44.5 Å². The van der Waals surface area contributed by atoms with Gasteiger partial charge < -0.3 is 10.0 Å². The second kappa shape index (κ2) is 5.25. The summed E-state index contributed by atoms with van der Waals surface area (Å²) in [6, 6.07) is -0.323. The van der Waals surface area contributed by atoms with Crippen LogP contribution in [0.5, 0.6) is 0 Å². The maximum atomic E-state index is 12.1. The number of urea groups is 1. The predicted molar refractivity (Wildman–Crippen MR) is 79.6 cm³/mol. The lowest BCUT2D eigenvalue weighted by molar-refractivity contribution is -0.146. The van der Waals surface area contributed by atoms with Gasteiger partial charge in [0, 0.05) is 30.0 Å². The van der Waals surface area contributed by atoms with Crippen LogP contribution in [0.15, 0.2) is 0 Å². The Morgan fingerprint density at radius 3 is 2.57 bits per heavy atom. The molecule has 2 N–H and O–H groups in total. The van der Waals surface area contributed by atoms with E-state index in [4.69, 9.17) is 0 Å². The number of carboxylic acid groups (broad SMARTS) is 1. The Balaban J connectivity index is 2.00. The maximum Gasteiger partial charge on any atom is 0.323 e. The summed E-state index contributed by atoms with van der Waals surface area (Å²) < 4.78 is 4.23. The zero-order valence-electron chi connectivity index (χ0n) is 12.6. The van der Waals surface area contributed by atoms with Gasteiger partial charge in [0.2, 0.25) is 5.13 Å². The summed E-state index contributed by atoms with van der Waals surface area (Å²) in [5.41, 5.74) is -1.04. The second-order valence-electron chi connectivity index (χ2n) is 6.64. The van der Waals surface area contributed by atoms with E-state index in [0.29, 0.717) is 23.9 Å². The van der Waals surface area contributed by atoms with Crippen molar-refractivity contribution >= 4 is 28.7 Å². The second-order valence-corrected chi connectivity index (χ2v) is 7.39. The zero-order chi connectivity index (χ0) is 15.8. The van der Waals surface area contributed by atoms with Crippen LogP contribution in [-0.2, 0) is 10.2 Å². The molecule has 0 aromatic carbocycles. The number of amides is 2. The highest BCUT2D eigenvalue weighted by atomic mass is 32.1. The van der Waals surface area contributed by atoms with Crippen LogP contribution >= 0.6 is 11.5 Å². The van der Waals surface area contributed by atoms with Gasteiger partial charge >= 0.3 is 12.0 Å². The first-order chi connectivity index (χ1) is 9.62. The lowest BCUT2D eigenvalue weighted by atomic mass is 9.90. The number of nitrogens with one attached hydrogen (secondary N) is 1. The number of aromatic nitrogens is 2. The van der Waals surface area contributed by atoms with Crippen molar-refractivity contribution in [2.45, 2.75) is 39.5 Å². The Hall–Kier alpha value is -1.70. The molecular weight excluding hydrogens is 292 g/mol. The van der Waals surface area contributed by atoms with Crippen LogP contribution in [0.1, 0.15) is 39.9 Å². The van der Waals surface area contributed by atoms with Crippen LogP contribution in [0, 0.1) is 5.41 Å². The number of anilines is 1. The maximum absolute atomic E-state index is 12.1. The van der Waals surface area contributed by atoms with E-state index in [1.54, 1.807) is 6.92 Å². The number of likely N-dealkylation sites (tertiary alicyclic amines) is 1. The van der Waals surface area contributed by atoms with Crippen LogP contribution in [0.4, 0.5) is 9.93 Å². The number of carboxylic acids is 1. The first-order valence-electron chi connectivity index (χ1n) is 6.75. The molecule has 1 fully saturated rings. The van der Waals surface area contributed by atoms with Gasteiger partial charge in [0.05, 0.1) is 5.41 Å². The summed E-state index contributed by atoms with van der Waals surface area (Å²) >= 11 is 1.13. The van der Waals surface area contributed by atoms with Crippen molar-refractivity contribution < 1.29 is 14.7 Å². The van der Waals surface area contributed by atoms with Crippen molar-refractivity contribution in [3.05, 3.63) is 5.82 Å². The summed E-state index contributed by atoms with van der Waals surface area (Å²) in [6.07, 6.45) is 0.457. The molecule has 2 heterocycles. The minimum atomic E-state index is -0.872. The molecular formula is C13H20N4O3S. The summed E-state index contributed by atoms with van der Waals surface area (Å²) in [7, 11) is 0. The number of carbonyl (C=O) groups excluding carboxylic acids is 1. The lowest BCUT2D eigenvalue weighted by Crippen LogP contribution is -2.37. The predicted octanol–water partition coefficient (Wildman–Crippen LogP) is 2.16. The molecule has 0 bridgehead atoms. The number of hydrogen-bond acceptors (Lipinski definition) is 5. The minimum Gasteiger partial charge on any atom is -0.481 e. The third kappa shape index (κ3) is 3.31. The van der Waals surface area contributed by atoms with E-state index in [9.17, 15) is 14.7 Å². The molecule has 1 aliphatic rings. The highest BCUT2D eigenvalue weighted by molar-refractivity contribution is 7.09. The van der Waals surface area contributed by atoms with Gasteiger partial charge in [-0.1, -0.05) is 20.8 Å². The van der Waals surface area contributed by atoms with Crippen molar-refractivity contribution in [1.82, 2.24) is 14.3 Å². The van der Waals surface area contributed by atoms with Gasteiger partial charge in [0.25, 0.3) is 0 Å². The van der Waals surface area contributed by atoms with E-state index in [2.05, 4.69) is 14.7 Å². The number of carbonyl (C=O) groups is 2. The molecule has 0 saturated carbocycles. The van der Waals surface area contributed by atoms with Crippen LogP contribution in [0.3, 0.4) is 0 Å². The van der Waals surface area contributed by atoms with Gasteiger partial charge in [-0.05, 0) is 13.3 Å². The Morgan fingerprint density at radius 1 is 1.43 bits per heavy atom. The van der Waals surface area contributed by atoms with Crippen molar-refractivity contribution in [3.8, 4) is 0 Å². The normalized spacial score (nSPS) is 22.4. The standard InChI is InChI=1S/C13H20N4O3S/c1-12(2,3)8-14-10(21-16-8)15-11(20)17-6-5-13(4,7-17)9(18)19/h5-7H2,1-4H3,(H,18,19)(H,14,15,16,20). The van der Waals surface area contributed by atoms with Gasteiger partial charge in [-0.3, -0.25) is 10.1 Å². The Bertz CT molecular complexity index is 566. The fourth-order valence-electron chi connectivity index (χ4n) is 2.06. The molecule has 0 radical (unpaired) electrons. The smallest absolute Gasteiger partial charge is 0.323 e. The molecule has 1 unspecified atom stereocenters. The Morgan fingerprint density at radius 2 is 2.10 bits per heavy atom. The number of hydrogen-bond donors (Lipinski definition) is 2. The van der Waals surface area contributed by atoms with Gasteiger partial charge in [-0.15, -0.1) is 0 Å². The average molecular weight is 312 g/mol. The molecule has 1 aromatic heterocycles. The van der Waals surface area contributed by atoms with Crippen LogP contribution < -0.4 is 5.32 Å². The number of nitrogens with zero attached hydrogens (tertiary/aromatic N) is 3. The highest BCUT2D eigenvalue weighted by Crippen LogP contribution is 2.30. The molecule has 0 spiro atoms. The fourth-order valence-corrected chi connectivity index (χ4v) is 2.81. The number of aliphatic carboxylic acids is 1. The molecule has 1 aliphatic heterocycles. The first-order valence-corrected chi connectivity index (χ1v) is 7.53. The molecule has 116 valence electrons. The van der Waals surface area contributed by atoms with Gasteiger partial charge in [-0.2, -0.15) is 4.37 Å². The van der Waals surface area contributed by atoms with Crippen molar-refractivity contribution in [3.63, 3.8) is 0 Å². The van der Waals surface area contributed by atoms with E-state index in [0.717, 1.165) is 11.5 Å². The molecule has 8 heteroatoms. The fraction of sp³-hybridized carbons (Fsp3) is 0.692. The van der Waals surface area contributed by atoms with E-state index >= 15 is 0 Å². The van der Waals surface area contributed by atoms with E-state index in [-0.39, 0.29) is 18.0 Å². The first kappa shape index (κ1) is 15.7. The average Bonchev–Trinajstić information content (AvgIpc) is 2.96. The van der Waals surface area contributed by atoms with Crippen LogP contribution in [0.2, 0.25) is 0 Å². The van der Waals surface area contributed by atoms with Gasteiger partial charge in [0.1, 0.15) is 5.82 Å². The van der Waals surface area contributed by atoms with Gasteiger partial charge in [0.15, 0.2) is 0 Å². The minimum absolute atomic E-state index is 0.172. The Labute approximate surface area is 127 Å². The largest absolute Gasteiger partial charge is 0.481 e. The summed E-state index contributed by atoms with van der Waals surface area (Å²) in [4.78, 5) is 29.1. The third-order valence-electron chi connectivity index (χ3n) is 3.59. The van der Waals surface area contributed by atoms with E-state index < -0.39 is 11.4 Å². The summed E-state index contributed by atoms with van der Waals surface area (Å²) in [5, 5.41) is 12.3. The Kier molecular flexibility index (Phi) is 3.92. The van der Waals surface area contributed by atoms with Crippen molar-refractivity contribution in [2.75, 3.05) is 18.4 Å². The molecule has 21 heavy (non-hydrogen) atoms. The summed E-state index contributed by atoms with van der Waals surface area (Å²) in [6.45, 7) is 8.29. The molecule has 1 aromatic rings. The van der Waals surface area contributed by atoms with E-state index in [1.165, 1.54) is 4.90 Å². The summed E-state index contributed by atoms with van der Waals surface area (Å²) in [5.74, 6) is -0.191. The molecule has 1 atom stereocenters. The molecule has 2 amide bonds. The third-order valence-corrected chi connectivity index (χ3v) is 4.22. The SMILES string of the molecule is CC1(C(=O)O)CCN(C(=O)Nc2nc(C(C)(C)C)ns2)C1. The molecule has 2 rings (SSSR count). The van der Waals surface area contributed by atoms with Crippen molar-refractivity contribution in [1.29, 1.82) is 0 Å². The topological polar surface area (TPSA) is 95.4 Å². The quantitative estimate of drug-likeness (QED) is 0.872. The monoisotopic (exact) mass is 312 g/mol. The highest BCUT2D eigenvalue weighted by Gasteiger charge is 2.42. The van der Waals surface area contributed by atoms with E-state index in [1.807, 2.05) is 20.8 Å². The van der Waals surface area contributed by atoms with Crippen LogP contribution in [0.25, 0.3) is 0 Å². The number of rotatable bonds is 2. The van der Waals surface area contributed by atoms with Crippen molar-refractivity contribution in [2.24, 2.45) is 5.41 Å². The molecule has 1 saturated heterocycles. The van der Waals surface area contributed by atoms with Gasteiger partial charge in [-0.25, -0.2) is 9.78 Å². The molecule has 0 aliphatic carbocycles.